The van der Waals surface area contributed by atoms with E-state index in [1.54, 1.807) is 6.92 Å². The topological polar surface area (TPSA) is 141 Å². The van der Waals surface area contributed by atoms with Crippen LogP contribution in [0.5, 0.6) is 0 Å². The van der Waals surface area contributed by atoms with Crippen molar-refractivity contribution in [3.05, 3.63) is 40.3 Å². The Kier molecular flexibility index (Phi) is 3.32. The van der Waals surface area contributed by atoms with Gasteiger partial charge >= 0.3 is 6.01 Å². The van der Waals surface area contributed by atoms with Gasteiger partial charge in [-0.3, -0.25) is 10.1 Å². The molecule has 0 unspecified atom stereocenters. The molecule has 0 spiro atoms. The molecule has 20 heavy (non-hydrogen) atoms. The van der Waals surface area contributed by atoms with Crippen molar-refractivity contribution in [3.8, 4) is 0 Å². The monoisotopic (exact) mass is 298 g/mol. The fourth-order valence-electron chi connectivity index (χ4n) is 1.42. The molecule has 9 nitrogen and oxygen atoms in total. The summed E-state index contributed by atoms with van der Waals surface area (Å²) < 4.78 is 31.0. The zero-order chi connectivity index (χ0) is 14.9. The Balaban J connectivity index is 2.39. The molecule has 0 aliphatic heterocycles. The maximum Gasteiger partial charge on any atom is 0.309 e. The van der Waals surface area contributed by atoms with Gasteiger partial charge in [-0.05, 0) is 19.1 Å². The van der Waals surface area contributed by atoms with Crippen LogP contribution in [0.15, 0.2) is 33.8 Å². The van der Waals surface area contributed by atoms with Crippen molar-refractivity contribution in [1.82, 2.24) is 4.98 Å². The Morgan fingerprint density at radius 1 is 1.45 bits per heavy atom. The third-order valence-electron chi connectivity index (χ3n) is 2.35. The summed E-state index contributed by atoms with van der Waals surface area (Å²) in [5, 5.41) is 10.7. The van der Waals surface area contributed by atoms with Crippen LogP contribution in [0.1, 0.15) is 5.69 Å². The van der Waals surface area contributed by atoms with E-state index in [1.807, 2.05) is 0 Å². The Labute approximate surface area is 113 Å². The highest BCUT2D eigenvalue weighted by Gasteiger charge is 2.21. The summed E-state index contributed by atoms with van der Waals surface area (Å²) in [6.07, 6.45) is 1.27. The maximum atomic E-state index is 12.0. The zero-order valence-corrected chi connectivity index (χ0v) is 11.0. The fraction of sp³-hybridized carbons (Fsp3) is 0.100. The van der Waals surface area contributed by atoms with Crippen LogP contribution in [-0.4, -0.2) is 18.3 Å². The van der Waals surface area contributed by atoms with Crippen LogP contribution in [0.3, 0.4) is 0 Å². The molecule has 0 radical (unpaired) electrons. The number of nitrogen functional groups attached to an aromatic ring is 1. The molecule has 2 aromatic rings. The predicted octanol–water partition coefficient (Wildman–Crippen LogP) is 1.27. The average Bonchev–Trinajstić information content (AvgIpc) is 2.73. The molecule has 0 fully saturated rings. The number of aromatic nitrogens is 1. The zero-order valence-electron chi connectivity index (χ0n) is 10.2. The van der Waals surface area contributed by atoms with E-state index in [4.69, 9.17) is 10.2 Å². The molecule has 0 saturated carbocycles. The van der Waals surface area contributed by atoms with E-state index >= 15 is 0 Å². The lowest BCUT2D eigenvalue weighted by Crippen LogP contribution is -2.13. The number of nitro groups is 1. The van der Waals surface area contributed by atoms with Crippen LogP contribution in [0.2, 0.25) is 0 Å². The van der Waals surface area contributed by atoms with Crippen LogP contribution < -0.4 is 10.5 Å². The molecule has 0 atom stereocenters. The van der Waals surface area contributed by atoms with Crippen molar-refractivity contribution in [1.29, 1.82) is 0 Å². The molecule has 1 heterocycles. The van der Waals surface area contributed by atoms with E-state index in [0.717, 1.165) is 18.2 Å². The summed E-state index contributed by atoms with van der Waals surface area (Å²) >= 11 is 0. The van der Waals surface area contributed by atoms with Crippen LogP contribution in [0.25, 0.3) is 0 Å². The Bertz CT molecular complexity index is 768. The average molecular weight is 298 g/mol. The quantitative estimate of drug-likeness (QED) is 0.491. The van der Waals surface area contributed by atoms with E-state index < -0.39 is 20.6 Å². The lowest BCUT2D eigenvalue weighted by molar-refractivity contribution is -0.384. The molecule has 0 aliphatic rings. The lowest BCUT2D eigenvalue weighted by Gasteiger charge is -2.05. The minimum Gasteiger partial charge on any atom is -0.431 e. The van der Waals surface area contributed by atoms with Gasteiger partial charge in [-0.25, -0.2) is 13.1 Å². The number of hydrogen-bond acceptors (Lipinski definition) is 7. The van der Waals surface area contributed by atoms with E-state index in [9.17, 15) is 18.5 Å². The molecule has 0 saturated heterocycles. The standard InChI is InChI=1S/C10H10N4O5S/c1-6-5-19-10(12-6)13-20(17,18)7-2-3-8(11)9(4-7)14(15)16/h2-5H,11H2,1H3,(H,12,13). The number of nitrogens with zero attached hydrogens (tertiary/aromatic N) is 2. The molecule has 1 aromatic carbocycles. The largest absolute Gasteiger partial charge is 0.431 e. The van der Waals surface area contributed by atoms with Gasteiger partial charge in [-0.15, -0.1) is 0 Å². The van der Waals surface area contributed by atoms with Crippen molar-refractivity contribution in [2.24, 2.45) is 0 Å². The van der Waals surface area contributed by atoms with Gasteiger partial charge in [-0.2, -0.15) is 4.98 Å². The summed E-state index contributed by atoms with van der Waals surface area (Å²) in [6.45, 7) is 1.62. The van der Waals surface area contributed by atoms with Crippen molar-refractivity contribution in [2.45, 2.75) is 11.8 Å². The molecule has 3 N–H and O–H groups in total. The highest BCUT2D eigenvalue weighted by Crippen LogP contribution is 2.25. The van der Waals surface area contributed by atoms with Gasteiger partial charge in [0, 0.05) is 6.07 Å². The van der Waals surface area contributed by atoms with Gasteiger partial charge in [0.1, 0.15) is 12.0 Å². The molecule has 0 amide bonds. The van der Waals surface area contributed by atoms with Gasteiger partial charge < -0.3 is 10.2 Å². The smallest absolute Gasteiger partial charge is 0.309 e. The van der Waals surface area contributed by atoms with Crippen LogP contribution in [-0.2, 0) is 10.0 Å². The number of benzene rings is 1. The van der Waals surface area contributed by atoms with E-state index in [0.29, 0.717) is 5.69 Å². The van der Waals surface area contributed by atoms with Crippen LogP contribution in [0.4, 0.5) is 17.4 Å². The SMILES string of the molecule is Cc1coc(NS(=O)(=O)c2ccc(N)c([N+](=O)[O-])c2)n1. The normalized spacial score (nSPS) is 11.2. The Morgan fingerprint density at radius 3 is 2.70 bits per heavy atom. The van der Waals surface area contributed by atoms with Gasteiger partial charge in [0.25, 0.3) is 15.7 Å². The molecule has 106 valence electrons. The summed E-state index contributed by atoms with van der Waals surface area (Å²) in [7, 11) is -4.04. The number of nitrogens with two attached hydrogens (primary N) is 1. The van der Waals surface area contributed by atoms with Gasteiger partial charge in [-0.1, -0.05) is 0 Å². The summed E-state index contributed by atoms with van der Waals surface area (Å²) in [5.41, 5.74) is 5.28. The van der Waals surface area contributed by atoms with Crippen molar-refractivity contribution < 1.29 is 17.8 Å². The number of hydrogen-bond donors (Lipinski definition) is 2. The second-order valence-corrected chi connectivity index (χ2v) is 5.56. The number of anilines is 2. The summed E-state index contributed by atoms with van der Waals surface area (Å²) in [6, 6.07) is 2.95. The molecule has 10 heteroatoms. The molecule has 0 aliphatic carbocycles. The number of nitro benzene ring substituents is 1. The van der Waals surface area contributed by atoms with Gasteiger partial charge in [0.15, 0.2) is 0 Å². The minimum absolute atomic E-state index is 0.124. The van der Waals surface area contributed by atoms with Crippen LogP contribution in [0, 0.1) is 17.0 Å². The van der Waals surface area contributed by atoms with E-state index in [-0.39, 0.29) is 16.6 Å². The molecular formula is C10H10N4O5S. The Morgan fingerprint density at radius 2 is 2.15 bits per heavy atom. The van der Waals surface area contributed by atoms with Crippen molar-refractivity contribution in [2.75, 3.05) is 10.5 Å². The first kappa shape index (κ1) is 13.8. The number of rotatable bonds is 4. The first-order valence-corrected chi connectivity index (χ1v) is 6.77. The third-order valence-corrected chi connectivity index (χ3v) is 3.67. The number of aryl methyl sites for hydroxylation is 1. The predicted molar refractivity (Wildman–Crippen MR) is 69.6 cm³/mol. The van der Waals surface area contributed by atoms with Gasteiger partial charge in [0.2, 0.25) is 0 Å². The van der Waals surface area contributed by atoms with E-state index in [1.165, 1.54) is 6.26 Å². The van der Waals surface area contributed by atoms with Crippen molar-refractivity contribution >= 4 is 27.4 Å². The first-order chi connectivity index (χ1) is 9.29. The Hall–Kier alpha value is -2.62. The summed E-state index contributed by atoms with van der Waals surface area (Å²) in [4.78, 5) is 13.5. The number of nitrogens with one attached hydrogen (secondary N) is 1. The van der Waals surface area contributed by atoms with E-state index in [2.05, 4.69) is 9.71 Å². The molecule has 0 bridgehead atoms. The number of sulfonamides is 1. The second-order valence-electron chi connectivity index (χ2n) is 3.88. The van der Waals surface area contributed by atoms with Crippen molar-refractivity contribution in [3.63, 3.8) is 0 Å². The molecule has 2 rings (SSSR count). The second kappa shape index (κ2) is 4.81. The number of oxazole rings is 1. The third kappa shape index (κ3) is 2.69. The molecular weight excluding hydrogens is 288 g/mol. The first-order valence-electron chi connectivity index (χ1n) is 5.28. The van der Waals surface area contributed by atoms with Crippen LogP contribution >= 0.6 is 0 Å². The highest BCUT2D eigenvalue weighted by atomic mass is 32.2. The fourth-order valence-corrected chi connectivity index (χ4v) is 2.38. The maximum absolute atomic E-state index is 12.0. The lowest BCUT2D eigenvalue weighted by atomic mass is 10.3. The van der Waals surface area contributed by atoms with Gasteiger partial charge in [0.05, 0.1) is 15.5 Å². The highest BCUT2D eigenvalue weighted by molar-refractivity contribution is 7.92. The molecule has 1 aromatic heterocycles. The minimum atomic E-state index is -4.04. The summed E-state index contributed by atoms with van der Waals surface area (Å²) in [5.74, 6) is 0.